The molecule has 0 spiro atoms. The fraction of sp³-hybridized carbons (Fsp3) is 0.389. The summed E-state index contributed by atoms with van der Waals surface area (Å²) in [7, 11) is 0. The lowest BCUT2D eigenvalue weighted by atomic mass is 9.95. The van der Waals surface area contributed by atoms with Crippen molar-refractivity contribution in [2.24, 2.45) is 0 Å². The average Bonchev–Trinajstić information content (AvgIpc) is 3.17. The Balaban J connectivity index is 1.61. The molecular weight excluding hydrogens is 334 g/mol. The van der Waals surface area contributed by atoms with Crippen molar-refractivity contribution in [3.63, 3.8) is 0 Å². The fourth-order valence-electron chi connectivity index (χ4n) is 3.45. The number of nitrogen functional groups attached to an aromatic ring is 1. The summed E-state index contributed by atoms with van der Waals surface area (Å²) in [4.78, 5) is 16.2. The van der Waals surface area contributed by atoms with Crippen molar-refractivity contribution in [3.05, 3.63) is 40.0 Å². The van der Waals surface area contributed by atoms with Gasteiger partial charge in [-0.15, -0.1) is 10.2 Å². The zero-order chi connectivity index (χ0) is 17.6. The number of aryl methyl sites for hydroxylation is 2. The molecule has 1 aliphatic rings. The summed E-state index contributed by atoms with van der Waals surface area (Å²) in [6.45, 7) is 3.80. The molecule has 4 rings (SSSR count). The largest absolute Gasteiger partial charge is 0.374 e. The van der Waals surface area contributed by atoms with Gasteiger partial charge in [-0.1, -0.05) is 17.4 Å². The minimum absolute atomic E-state index is 0.131. The quantitative estimate of drug-likeness (QED) is 0.672. The Bertz CT molecular complexity index is 956. The predicted octanol–water partition coefficient (Wildman–Crippen LogP) is 3.15. The van der Waals surface area contributed by atoms with E-state index in [1.165, 1.54) is 40.8 Å². The molecule has 25 heavy (non-hydrogen) atoms. The smallest absolute Gasteiger partial charge is 0.252 e. The number of carbonyl (C=O) groups excluding carboxylic acids is 1. The van der Waals surface area contributed by atoms with Gasteiger partial charge in [-0.05, 0) is 57.2 Å². The van der Waals surface area contributed by atoms with E-state index in [1.807, 2.05) is 26.0 Å². The van der Waals surface area contributed by atoms with Crippen molar-refractivity contribution in [2.45, 2.75) is 45.1 Å². The monoisotopic (exact) mass is 355 g/mol. The molecule has 2 aromatic heterocycles. The molecule has 0 radical (unpaired) electrons. The third-order valence-electron chi connectivity index (χ3n) is 4.76. The van der Waals surface area contributed by atoms with E-state index in [1.54, 1.807) is 0 Å². The Kier molecular flexibility index (Phi) is 3.76. The van der Waals surface area contributed by atoms with Gasteiger partial charge < -0.3 is 16.0 Å². The van der Waals surface area contributed by atoms with Crippen LogP contribution in [0.5, 0.6) is 0 Å². The number of H-pyrrole nitrogens is 1. The lowest BCUT2D eigenvalue weighted by molar-refractivity contribution is 0.0912. The van der Waals surface area contributed by atoms with Crippen molar-refractivity contribution in [1.82, 2.24) is 20.5 Å². The van der Waals surface area contributed by atoms with Gasteiger partial charge in [-0.3, -0.25) is 4.79 Å². The highest BCUT2D eigenvalue weighted by atomic mass is 32.1. The van der Waals surface area contributed by atoms with E-state index in [2.05, 4.69) is 26.6 Å². The van der Waals surface area contributed by atoms with Crippen molar-refractivity contribution in [2.75, 3.05) is 5.73 Å². The number of carbonyl (C=O) groups is 1. The molecule has 1 aliphatic carbocycles. The number of hydrogen-bond acceptors (Lipinski definition) is 5. The van der Waals surface area contributed by atoms with Gasteiger partial charge in [0, 0.05) is 22.2 Å². The third-order valence-corrected chi connectivity index (χ3v) is 5.84. The number of nitrogens with one attached hydrogen (secondary N) is 2. The molecule has 2 heterocycles. The summed E-state index contributed by atoms with van der Waals surface area (Å²) >= 11 is 1.29. The first-order valence-electron chi connectivity index (χ1n) is 8.49. The molecule has 7 heteroatoms. The van der Waals surface area contributed by atoms with E-state index < -0.39 is 5.54 Å². The second-order valence-corrected chi connectivity index (χ2v) is 8.08. The van der Waals surface area contributed by atoms with Crippen LogP contribution in [0.15, 0.2) is 18.2 Å². The lowest BCUT2D eigenvalue weighted by Gasteiger charge is -2.23. The number of aromatic nitrogens is 3. The molecule has 6 nitrogen and oxygen atoms in total. The van der Waals surface area contributed by atoms with Crippen molar-refractivity contribution in [3.8, 4) is 0 Å². The highest BCUT2D eigenvalue weighted by Gasteiger charge is 2.28. The van der Waals surface area contributed by atoms with Crippen molar-refractivity contribution >= 4 is 33.3 Å². The standard InChI is InChI=1S/C18H21N5OS/c1-18(2,16-22-23-17(19)25-16)21-15(24)10-7-8-12-11-5-3-4-6-13(11)20-14(12)9-10/h7-9,20H,3-6H2,1-2H3,(H2,19,23)(H,21,24). The van der Waals surface area contributed by atoms with Gasteiger partial charge in [-0.2, -0.15) is 0 Å². The molecule has 1 aromatic carbocycles. The van der Waals surface area contributed by atoms with E-state index in [4.69, 9.17) is 5.73 Å². The van der Waals surface area contributed by atoms with Gasteiger partial charge in [0.15, 0.2) is 0 Å². The van der Waals surface area contributed by atoms with Gasteiger partial charge in [0.25, 0.3) is 5.91 Å². The summed E-state index contributed by atoms with van der Waals surface area (Å²) in [6, 6.07) is 5.89. The number of rotatable bonds is 3. The number of aromatic amines is 1. The predicted molar refractivity (Wildman–Crippen MR) is 99.8 cm³/mol. The molecule has 0 saturated carbocycles. The number of nitrogens with zero attached hydrogens (tertiary/aromatic N) is 2. The van der Waals surface area contributed by atoms with E-state index in [-0.39, 0.29) is 5.91 Å². The number of anilines is 1. The normalized spacial score (nSPS) is 14.5. The Morgan fingerprint density at radius 3 is 2.84 bits per heavy atom. The average molecular weight is 355 g/mol. The first-order chi connectivity index (χ1) is 11.9. The number of amides is 1. The first kappa shape index (κ1) is 16.1. The zero-order valence-corrected chi connectivity index (χ0v) is 15.2. The van der Waals surface area contributed by atoms with Crippen LogP contribution in [0.2, 0.25) is 0 Å². The van der Waals surface area contributed by atoms with Crippen LogP contribution >= 0.6 is 11.3 Å². The van der Waals surface area contributed by atoms with Gasteiger partial charge in [0.2, 0.25) is 5.13 Å². The van der Waals surface area contributed by atoms with Crippen LogP contribution in [0, 0.1) is 0 Å². The molecule has 4 N–H and O–H groups in total. The third kappa shape index (κ3) is 2.89. The van der Waals surface area contributed by atoms with Crippen LogP contribution in [0.3, 0.4) is 0 Å². The maximum absolute atomic E-state index is 12.7. The zero-order valence-electron chi connectivity index (χ0n) is 14.3. The van der Waals surface area contributed by atoms with Crippen molar-refractivity contribution in [1.29, 1.82) is 0 Å². The van der Waals surface area contributed by atoms with Crippen LogP contribution < -0.4 is 11.1 Å². The van der Waals surface area contributed by atoms with E-state index >= 15 is 0 Å². The summed E-state index contributed by atoms with van der Waals surface area (Å²) < 4.78 is 0. The number of hydrogen-bond donors (Lipinski definition) is 3. The summed E-state index contributed by atoms with van der Waals surface area (Å²) in [5.74, 6) is -0.131. The molecule has 0 fully saturated rings. The molecule has 130 valence electrons. The van der Waals surface area contributed by atoms with Crippen molar-refractivity contribution < 1.29 is 4.79 Å². The van der Waals surface area contributed by atoms with Gasteiger partial charge in [0.05, 0.1) is 5.54 Å². The molecule has 3 aromatic rings. The molecular formula is C18H21N5OS. The lowest BCUT2D eigenvalue weighted by Crippen LogP contribution is -2.41. The number of nitrogens with two attached hydrogens (primary N) is 1. The SMILES string of the molecule is CC(C)(NC(=O)c1ccc2c3c([nH]c2c1)CCCC3)c1nnc(N)s1. The Hall–Kier alpha value is -2.41. The first-order valence-corrected chi connectivity index (χ1v) is 9.31. The summed E-state index contributed by atoms with van der Waals surface area (Å²) in [5.41, 5.74) is 9.44. The highest BCUT2D eigenvalue weighted by Crippen LogP contribution is 2.30. The molecule has 0 unspecified atom stereocenters. The molecule has 0 saturated heterocycles. The molecule has 1 amide bonds. The number of benzene rings is 1. The van der Waals surface area contributed by atoms with E-state index in [9.17, 15) is 4.79 Å². The van der Waals surface area contributed by atoms with E-state index in [0.717, 1.165) is 18.4 Å². The van der Waals surface area contributed by atoms with Crippen LogP contribution in [-0.2, 0) is 18.4 Å². The molecule has 0 aliphatic heterocycles. The minimum atomic E-state index is -0.629. The number of fused-ring (bicyclic) bond motifs is 3. The Morgan fingerprint density at radius 2 is 2.08 bits per heavy atom. The van der Waals surface area contributed by atoms with Gasteiger partial charge >= 0.3 is 0 Å². The summed E-state index contributed by atoms with van der Waals surface area (Å²) in [6.07, 6.45) is 4.68. The van der Waals surface area contributed by atoms with Crippen LogP contribution in [0.4, 0.5) is 5.13 Å². The van der Waals surface area contributed by atoms with Crippen LogP contribution in [-0.4, -0.2) is 21.1 Å². The topological polar surface area (TPSA) is 96.7 Å². The second kappa shape index (κ2) is 5.84. The van der Waals surface area contributed by atoms with E-state index in [0.29, 0.717) is 15.7 Å². The Morgan fingerprint density at radius 1 is 1.28 bits per heavy atom. The van der Waals surface area contributed by atoms with Gasteiger partial charge in [0.1, 0.15) is 5.01 Å². The fourth-order valence-corrected chi connectivity index (χ4v) is 4.12. The maximum Gasteiger partial charge on any atom is 0.252 e. The highest BCUT2D eigenvalue weighted by molar-refractivity contribution is 7.15. The van der Waals surface area contributed by atoms with Crippen LogP contribution in [0.25, 0.3) is 10.9 Å². The maximum atomic E-state index is 12.7. The minimum Gasteiger partial charge on any atom is -0.374 e. The Labute approximate surface area is 149 Å². The second-order valence-electron chi connectivity index (χ2n) is 7.07. The molecule has 0 atom stereocenters. The van der Waals surface area contributed by atoms with Crippen LogP contribution in [0.1, 0.15) is 53.3 Å². The molecule has 0 bridgehead atoms. The summed E-state index contributed by atoms with van der Waals surface area (Å²) in [5, 5.41) is 13.2. The van der Waals surface area contributed by atoms with Gasteiger partial charge in [-0.25, -0.2) is 0 Å².